The van der Waals surface area contributed by atoms with Gasteiger partial charge in [-0.2, -0.15) is 0 Å². The van der Waals surface area contributed by atoms with E-state index in [1.54, 1.807) is 0 Å². The molecule has 0 amide bonds. The molecule has 0 bridgehead atoms. The van der Waals surface area contributed by atoms with E-state index in [2.05, 4.69) is 60.9 Å². The molecule has 0 atom stereocenters. The molecule has 0 saturated carbocycles. The molecule has 0 unspecified atom stereocenters. The van der Waals surface area contributed by atoms with Gasteiger partial charge in [0.15, 0.2) is 0 Å². The molecule has 0 saturated heterocycles. The van der Waals surface area contributed by atoms with Gasteiger partial charge in [0, 0.05) is 33.5 Å². The zero-order valence-electron chi connectivity index (χ0n) is 22.7. The number of benzene rings is 4. The second kappa shape index (κ2) is 12.7. The van der Waals surface area contributed by atoms with Gasteiger partial charge in [0.2, 0.25) is 0 Å². The van der Waals surface area contributed by atoms with Gasteiger partial charge in [-0.25, -0.2) is 0 Å². The van der Waals surface area contributed by atoms with E-state index in [-0.39, 0.29) is 5.66 Å². The summed E-state index contributed by atoms with van der Waals surface area (Å²) in [5.74, 6) is 0. The topological polar surface area (TPSA) is 76.1 Å². The van der Waals surface area contributed by atoms with Gasteiger partial charge in [-0.15, -0.1) is 0 Å². The summed E-state index contributed by atoms with van der Waals surface area (Å²) < 4.78 is 0. The lowest BCUT2D eigenvalue weighted by molar-refractivity contribution is 0.479. The number of unbranched alkanes of at least 4 members (excludes halogenated alkanes) is 8. The highest BCUT2D eigenvalue weighted by Gasteiger charge is 2.28. The molecule has 1 aliphatic rings. The Bertz CT molecular complexity index is 1220. The van der Waals surface area contributed by atoms with Crippen LogP contribution in [0.25, 0.3) is 21.5 Å². The maximum atomic E-state index is 5.78. The average Bonchev–Trinajstić information content (AvgIpc) is 2.88. The van der Waals surface area contributed by atoms with Crippen molar-refractivity contribution in [1.82, 2.24) is 0 Å². The van der Waals surface area contributed by atoms with E-state index in [0.29, 0.717) is 0 Å². The molecule has 0 aromatic heterocycles. The van der Waals surface area contributed by atoms with Crippen LogP contribution in [0.5, 0.6) is 0 Å². The normalized spacial score (nSPS) is 13.5. The fourth-order valence-electron chi connectivity index (χ4n) is 5.49. The van der Waals surface area contributed by atoms with Crippen LogP contribution in [0.15, 0.2) is 72.8 Å². The average molecular weight is 497 g/mol. The van der Waals surface area contributed by atoms with E-state index in [0.717, 1.165) is 28.6 Å². The quantitative estimate of drug-likeness (QED) is 0.130. The van der Waals surface area contributed by atoms with Crippen LogP contribution in [0.1, 0.15) is 78.1 Å². The lowest BCUT2D eigenvalue weighted by Crippen LogP contribution is -2.45. The second-order valence-electron chi connectivity index (χ2n) is 10.7. The highest BCUT2D eigenvalue weighted by molar-refractivity contribution is 6.05. The summed E-state index contributed by atoms with van der Waals surface area (Å²) in [6.45, 7) is 4.58. The molecular weight excluding hydrogens is 452 g/mol. The lowest BCUT2D eigenvalue weighted by atomic mass is 9.96. The van der Waals surface area contributed by atoms with Crippen molar-refractivity contribution in [3.05, 3.63) is 72.8 Å². The summed E-state index contributed by atoms with van der Waals surface area (Å²) in [4.78, 5) is 0. The largest absolute Gasteiger partial charge is 0.398 e. The van der Waals surface area contributed by atoms with E-state index in [1.165, 1.54) is 79.9 Å². The van der Waals surface area contributed by atoms with Crippen LogP contribution in [0.3, 0.4) is 0 Å². The molecule has 0 spiro atoms. The molecule has 0 aliphatic carbocycles. The monoisotopic (exact) mass is 496 g/mol. The molecule has 1 aliphatic heterocycles. The molecule has 1 heterocycles. The van der Waals surface area contributed by atoms with Crippen molar-refractivity contribution in [3.8, 4) is 0 Å². The summed E-state index contributed by atoms with van der Waals surface area (Å²) in [5, 5.41) is 12.2. The molecule has 4 aromatic carbocycles. The van der Waals surface area contributed by atoms with E-state index in [1.807, 2.05) is 36.4 Å². The van der Waals surface area contributed by atoms with Crippen molar-refractivity contribution in [2.75, 3.05) is 22.1 Å². The van der Waals surface area contributed by atoms with Crippen molar-refractivity contribution >= 4 is 44.3 Å². The SMILES string of the molecule is CCCCCCCCCCCC1(C)Nc2cccc3cccc(c23)N1.Nc1cccc2cccc(N)c12. The van der Waals surface area contributed by atoms with Crippen molar-refractivity contribution in [1.29, 1.82) is 0 Å². The van der Waals surface area contributed by atoms with Gasteiger partial charge in [0.25, 0.3) is 0 Å². The molecule has 6 N–H and O–H groups in total. The lowest BCUT2D eigenvalue weighted by Gasteiger charge is -2.39. The molecule has 0 fully saturated rings. The van der Waals surface area contributed by atoms with Crippen LogP contribution in [-0.4, -0.2) is 5.66 Å². The van der Waals surface area contributed by atoms with Crippen LogP contribution in [-0.2, 0) is 0 Å². The van der Waals surface area contributed by atoms with Crippen LogP contribution in [0, 0.1) is 0 Å². The summed E-state index contributed by atoms with van der Waals surface area (Å²) in [6, 6.07) is 24.7. The minimum absolute atomic E-state index is 0.0379. The van der Waals surface area contributed by atoms with Crippen molar-refractivity contribution < 1.29 is 0 Å². The zero-order chi connectivity index (χ0) is 26.1. The highest BCUT2D eigenvalue weighted by Crippen LogP contribution is 2.39. The van der Waals surface area contributed by atoms with Gasteiger partial charge >= 0.3 is 0 Å². The van der Waals surface area contributed by atoms with Gasteiger partial charge < -0.3 is 22.1 Å². The Morgan fingerprint density at radius 1 is 0.568 bits per heavy atom. The molecule has 4 aromatic rings. The minimum atomic E-state index is -0.0379. The molecule has 4 heteroatoms. The summed E-state index contributed by atoms with van der Waals surface area (Å²) >= 11 is 0. The maximum Gasteiger partial charge on any atom is 0.105 e. The molecule has 4 nitrogen and oxygen atoms in total. The van der Waals surface area contributed by atoms with E-state index in [9.17, 15) is 0 Å². The summed E-state index contributed by atoms with van der Waals surface area (Å²) in [7, 11) is 0. The number of hydrogen-bond donors (Lipinski definition) is 4. The molecular formula is C33H44N4. The van der Waals surface area contributed by atoms with Crippen molar-refractivity contribution in [2.24, 2.45) is 0 Å². The third-order valence-corrected chi connectivity index (χ3v) is 7.48. The number of nitrogens with two attached hydrogens (primary N) is 2. The fourth-order valence-corrected chi connectivity index (χ4v) is 5.49. The highest BCUT2D eigenvalue weighted by atomic mass is 15.2. The predicted molar refractivity (Wildman–Crippen MR) is 164 cm³/mol. The Morgan fingerprint density at radius 3 is 1.49 bits per heavy atom. The number of rotatable bonds is 10. The van der Waals surface area contributed by atoms with Crippen LogP contribution >= 0.6 is 0 Å². The first-order valence-corrected chi connectivity index (χ1v) is 14.1. The first-order valence-electron chi connectivity index (χ1n) is 14.1. The Labute approximate surface area is 222 Å². The second-order valence-corrected chi connectivity index (χ2v) is 10.7. The molecule has 5 rings (SSSR count). The first-order chi connectivity index (χ1) is 18.0. The maximum absolute atomic E-state index is 5.78. The predicted octanol–water partition coefficient (Wildman–Crippen LogP) is 9.32. The Morgan fingerprint density at radius 2 is 1.00 bits per heavy atom. The standard InChI is InChI=1S/C23H34N2.C10H10N2/c1-3-4-5-6-7-8-9-10-11-18-23(2)24-20-16-12-14-19-15-13-17-21(25-23)22(19)20;11-8-5-1-3-7-4-2-6-9(12)10(7)8/h12-17,24-25H,3-11,18H2,1-2H3;1-6H,11-12H2. The van der Waals surface area contributed by atoms with Crippen molar-refractivity contribution in [3.63, 3.8) is 0 Å². The van der Waals surface area contributed by atoms with E-state index >= 15 is 0 Å². The van der Waals surface area contributed by atoms with Crippen LogP contribution < -0.4 is 22.1 Å². The summed E-state index contributed by atoms with van der Waals surface area (Å²) in [5.41, 5.74) is 15.5. The zero-order valence-corrected chi connectivity index (χ0v) is 22.7. The number of hydrogen-bond acceptors (Lipinski definition) is 4. The molecule has 37 heavy (non-hydrogen) atoms. The van der Waals surface area contributed by atoms with Crippen LogP contribution in [0.2, 0.25) is 0 Å². The van der Waals surface area contributed by atoms with Gasteiger partial charge in [0.05, 0.1) is 0 Å². The smallest absolute Gasteiger partial charge is 0.105 e. The van der Waals surface area contributed by atoms with E-state index in [4.69, 9.17) is 11.5 Å². The van der Waals surface area contributed by atoms with Crippen molar-refractivity contribution in [2.45, 2.75) is 83.7 Å². The van der Waals surface area contributed by atoms with Gasteiger partial charge in [-0.1, -0.05) is 107 Å². The Hall–Kier alpha value is -3.40. The number of fused-ring (bicyclic) bond motifs is 1. The minimum Gasteiger partial charge on any atom is -0.398 e. The van der Waals surface area contributed by atoms with Gasteiger partial charge in [-0.3, -0.25) is 0 Å². The number of nitrogens with one attached hydrogen (secondary N) is 2. The summed E-state index contributed by atoms with van der Waals surface area (Å²) in [6.07, 6.45) is 13.6. The third kappa shape index (κ3) is 6.88. The first kappa shape index (κ1) is 26.7. The van der Waals surface area contributed by atoms with Gasteiger partial charge in [0.1, 0.15) is 5.66 Å². The molecule has 196 valence electrons. The number of anilines is 4. The van der Waals surface area contributed by atoms with Gasteiger partial charge in [-0.05, 0) is 54.8 Å². The third-order valence-electron chi connectivity index (χ3n) is 7.48. The number of nitrogen functional groups attached to an aromatic ring is 2. The fraction of sp³-hybridized carbons (Fsp3) is 0.394. The van der Waals surface area contributed by atoms with Crippen LogP contribution in [0.4, 0.5) is 22.7 Å². The molecule has 0 radical (unpaired) electrons. The Balaban J connectivity index is 0.000000222. The van der Waals surface area contributed by atoms with E-state index < -0.39 is 0 Å². The Kier molecular flexibility index (Phi) is 9.16.